The van der Waals surface area contributed by atoms with Gasteiger partial charge in [-0.25, -0.2) is 4.39 Å². The second kappa shape index (κ2) is 9.45. The number of halogens is 3. The first-order chi connectivity index (χ1) is 9.58. The van der Waals surface area contributed by atoms with E-state index >= 15 is 0 Å². The Labute approximate surface area is 139 Å². The van der Waals surface area contributed by atoms with Crippen molar-refractivity contribution >= 4 is 38.2 Å². The molecule has 0 bridgehead atoms. The maximum atomic E-state index is 13.2. The van der Waals surface area contributed by atoms with E-state index in [0.29, 0.717) is 11.1 Å². The summed E-state index contributed by atoms with van der Waals surface area (Å²) in [6.45, 7) is 1.65. The average Bonchev–Trinajstić information content (AvgIpc) is 2.43. The Morgan fingerprint density at radius 2 is 1.80 bits per heavy atom. The van der Waals surface area contributed by atoms with Crippen molar-refractivity contribution in [3.63, 3.8) is 0 Å². The summed E-state index contributed by atoms with van der Waals surface area (Å²) in [7, 11) is 0. The van der Waals surface area contributed by atoms with Crippen LogP contribution in [0.5, 0.6) is 5.75 Å². The van der Waals surface area contributed by atoms with Gasteiger partial charge < -0.3 is 5.11 Å². The molecule has 0 amide bonds. The Morgan fingerprint density at radius 3 is 2.40 bits per heavy atom. The summed E-state index contributed by atoms with van der Waals surface area (Å²) < 4.78 is 13.2. The molecule has 0 aromatic heterocycles. The summed E-state index contributed by atoms with van der Waals surface area (Å²) >= 11 is 6.50. The summed E-state index contributed by atoms with van der Waals surface area (Å²) in [5.74, 6) is -0.319. The number of phenols is 1. The number of aliphatic imine (C=N–C) groups is 1. The van der Waals surface area contributed by atoms with Crippen LogP contribution < -0.4 is 0 Å². The molecule has 0 radical (unpaired) electrons. The Balaban J connectivity index is 0.000000612. The number of rotatable bonds is 2. The first-order valence-electron chi connectivity index (χ1n) is 5.63. The predicted molar refractivity (Wildman–Crippen MR) is 84.4 cm³/mol. The third-order valence-corrected chi connectivity index (χ3v) is 2.40. The standard InChI is InChI=1S/C14H12FNO.2BrH.Ti/c1-10-7-12(15)8-11(14(10)17)9-16-13-5-3-2-4-6-13;;;/h2-9,17H,1H3;2*1H;/q;;;+2/p-2. The fourth-order valence-corrected chi connectivity index (χ4v) is 1.52. The van der Waals surface area contributed by atoms with E-state index in [-0.39, 0.29) is 26.5 Å². The van der Waals surface area contributed by atoms with Crippen LogP contribution in [0, 0.1) is 12.7 Å². The summed E-state index contributed by atoms with van der Waals surface area (Å²) in [6, 6.07) is 11.8. The zero-order valence-electron chi connectivity index (χ0n) is 10.6. The summed E-state index contributed by atoms with van der Waals surface area (Å²) in [6.07, 6.45) is 1.46. The maximum absolute atomic E-state index is 13.2. The van der Waals surface area contributed by atoms with Crippen LogP contribution in [0.4, 0.5) is 10.1 Å². The van der Waals surface area contributed by atoms with Gasteiger partial charge in [0.25, 0.3) is 0 Å². The molecule has 0 heterocycles. The SMILES string of the molecule is Cc1cc(F)cc(C=Nc2ccccc2)c1O.[Br][Ti][Br]. The molecule has 6 heteroatoms. The molecule has 1 N–H and O–H groups in total. The molecule has 2 aromatic carbocycles. The molecular formula is C14H12Br2FNOTi. The van der Waals surface area contributed by atoms with E-state index in [4.69, 9.17) is 0 Å². The van der Waals surface area contributed by atoms with Gasteiger partial charge in [0, 0.05) is 11.8 Å². The molecule has 0 aliphatic carbocycles. The van der Waals surface area contributed by atoms with Crippen molar-refractivity contribution in [3.05, 3.63) is 59.4 Å². The Morgan fingerprint density at radius 1 is 1.20 bits per heavy atom. The quantitative estimate of drug-likeness (QED) is 0.504. The third kappa shape index (κ3) is 5.87. The molecule has 0 spiro atoms. The van der Waals surface area contributed by atoms with E-state index in [1.165, 1.54) is 18.3 Å². The number of para-hydroxylation sites is 1. The van der Waals surface area contributed by atoms with E-state index < -0.39 is 0 Å². The first-order valence-corrected chi connectivity index (χ1v) is 13.3. The molecule has 2 nitrogen and oxygen atoms in total. The van der Waals surface area contributed by atoms with E-state index in [0.717, 1.165) is 5.69 Å². The summed E-state index contributed by atoms with van der Waals surface area (Å²) in [5, 5.41) is 9.74. The number of nitrogens with zero attached hydrogens (tertiary/aromatic N) is 1. The number of aryl methyl sites for hydroxylation is 1. The molecule has 104 valence electrons. The number of phenolic OH excluding ortho intramolecular Hbond substituents is 1. The monoisotopic (exact) mass is 435 g/mol. The van der Waals surface area contributed by atoms with Gasteiger partial charge in [-0.2, -0.15) is 0 Å². The topological polar surface area (TPSA) is 32.6 Å². The number of hydrogen-bond donors (Lipinski definition) is 1. The Hall–Kier alpha value is -0.486. The zero-order valence-corrected chi connectivity index (χ0v) is 15.4. The van der Waals surface area contributed by atoms with Gasteiger partial charge >= 0.3 is 41.3 Å². The Bertz CT molecular complexity index is 579. The molecule has 0 unspecified atom stereocenters. The van der Waals surface area contributed by atoms with Crippen molar-refractivity contribution in [3.8, 4) is 5.75 Å². The molecule has 0 saturated carbocycles. The van der Waals surface area contributed by atoms with Gasteiger partial charge in [0.05, 0.1) is 5.69 Å². The van der Waals surface area contributed by atoms with Crippen LogP contribution >= 0.6 is 26.3 Å². The molecule has 20 heavy (non-hydrogen) atoms. The van der Waals surface area contributed by atoms with Gasteiger partial charge in [-0.05, 0) is 36.8 Å². The third-order valence-electron chi connectivity index (χ3n) is 2.40. The number of aromatic hydroxyl groups is 1. The van der Waals surface area contributed by atoms with E-state index in [2.05, 4.69) is 31.3 Å². The van der Waals surface area contributed by atoms with Gasteiger partial charge in [0.1, 0.15) is 11.6 Å². The van der Waals surface area contributed by atoms with Crippen molar-refractivity contribution in [2.45, 2.75) is 6.92 Å². The van der Waals surface area contributed by atoms with Crippen LogP contribution in [0.15, 0.2) is 47.5 Å². The second-order valence-corrected chi connectivity index (χ2v) is 11.7. The minimum absolute atomic E-state index is 0.0612. The molecule has 0 aliphatic rings. The zero-order chi connectivity index (χ0) is 15.0. The van der Waals surface area contributed by atoms with E-state index in [9.17, 15) is 9.50 Å². The van der Waals surface area contributed by atoms with E-state index in [1.54, 1.807) is 6.92 Å². The minimum atomic E-state index is -0.380. The number of hydrogen-bond acceptors (Lipinski definition) is 2. The van der Waals surface area contributed by atoms with Crippen molar-refractivity contribution in [1.82, 2.24) is 0 Å². The van der Waals surface area contributed by atoms with Gasteiger partial charge in [-0.3, -0.25) is 4.99 Å². The van der Waals surface area contributed by atoms with Gasteiger partial charge in [0.2, 0.25) is 0 Å². The van der Waals surface area contributed by atoms with Gasteiger partial charge in [-0.1, -0.05) is 18.2 Å². The van der Waals surface area contributed by atoms with Crippen molar-refractivity contribution in [1.29, 1.82) is 0 Å². The normalized spacial score (nSPS) is 10.0. The predicted octanol–water partition coefficient (Wildman–Crippen LogP) is 5.28. The van der Waals surface area contributed by atoms with Crippen molar-refractivity contribution in [2.24, 2.45) is 4.99 Å². The van der Waals surface area contributed by atoms with Crippen LogP contribution in [0.25, 0.3) is 0 Å². The summed E-state index contributed by atoms with van der Waals surface area (Å²) in [4.78, 5) is 4.17. The Kier molecular flexibility index (Phi) is 8.30. The molecule has 2 rings (SSSR count). The molecule has 0 aliphatic heterocycles. The molecule has 0 atom stereocenters. The van der Waals surface area contributed by atoms with Crippen LogP contribution in [0.3, 0.4) is 0 Å². The molecule has 0 saturated heterocycles. The molecular weight excluding hydrogens is 425 g/mol. The number of benzene rings is 2. The van der Waals surface area contributed by atoms with Crippen LogP contribution in [-0.4, -0.2) is 11.3 Å². The average molecular weight is 437 g/mol. The van der Waals surface area contributed by atoms with Crippen LogP contribution in [0.1, 0.15) is 11.1 Å². The summed E-state index contributed by atoms with van der Waals surface area (Å²) in [5.41, 5.74) is 1.64. The van der Waals surface area contributed by atoms with Crippen LogP contribution in [-0.2, 0) is 15.0 Å². The van der Waals surface area contributed by atoms with Gasteiger partial charge in [0.15, 0.2) is 0 Å². The van der Waals surface area contributed by atoms with Crippen LogP contribution in [0.2, 0.25) is 0 Å². The van der Waals surface area contributed by atoms with Crippen molar-refractivity contribution < 1.29 is 24.5 Å². The van der Waals surface area contributed by atoms with E-state index in [1.807, 2.05) is 30.3 Å². The second-order valence-electron chi connectivity index (χ2n) is 3.83. The first kappa shape index (κ1) is 17.6. The fourth-order valence-electron chi connectivity index (χ4n) is 1.52. The van der Waals surface area contributed by atoms with Gasteiger partial charge in [-0.15, -0.1) is 0 Å². The van der Waals surface area contributed by atoms with Crippen molar-refractivity contribution in [2.75, 3.05) is 0 Å². The fraction of sp³-hybridized carbons (Fsp3) is 0.0714. The molecule has 2 aromatic rings. The molecule has 0 fully saturated rings.